The molecule has 72 valence electrons. The summed E-state index contributed by atoms with van der Waals surface area (Å²) in [6, 6.07) is 0.224. The molecule has 0 heterocycles. The van der Waals surface area contributed by atoms with Crippen LogP contribution < -0.4 is 5.73 Å². The van der Waals surface area contributed by atoms with Crippen molar-refractivity contribution in [2.24, 2.45) is 11.1 Å². The maximum absolute atomic E-state index is 10.7. The topological polar surface area (TPSA) is 63.3 Å². The van der Waals surface area contributed by atoms with Crippen LogP contribution in [0.4, 0.5) is 0 Å². The van der Waals surface area contributed by atoms with Gasteiger partial charge in [-0.05, 0) is 32.6 Å². The summed E-state index contributed by atoms with van der Waals surface area (Å²) in [5.74, 6) is -0.676. The number of nitrogens with two attached hydrogens (primary N) is 1. The van der Waals surface area contributed by atoms with Crippen LogP contribution in [-0.2, 0) is 4.79 Å². The zero-order valence-electron chi connectivity index (χ0n) is 7.25. The van der Waals surface area contributed by atoms with Gasteiger partial charge >= 0.3 is 5.97 Å². The lowest BCUT2D eigenvalue weighted by molar-refractivity contribution is -0.149. The van der Waals surface area contributed by atoms with Crippen molar-refractivity contribution in [1.29, 1.82) is 0 Å². The van der Waals surface area contributed by atoms with E-state index in [1.165, 1.54) is 0 Å². The molecule has 3 nitrogen and oxygen atoms in total. The lowest BCUT2D eigenvalue weighted by Crippen LogP contribution is -2.37. The Hall–Kier alpha value is -0.0900. The van der Waals surface area contributed by atoms with Crippen molar-refractivity contribution in [3.63, 3.8) is 0 Å². The molecule has 0 aromatic rings. The molecule has 1 aliphatic carbocycles. The number of aliphatic carboxylic acids is 1. The van der Waals surface area contributed by atoms with Crippen LogP contribution >= 0.6 is 17.0 Å². The Morgan fingerprint density at radius 2 is 1.92 bits per heavy atom. The molecule has 3 N–H and O–H groups in total. The molecule has 0 aromatic heterocycles. The molecule has 0 atom stereocenters. The van der Waals surface area contributed by atoms with Crippen molar-refractivity contribution >= 4 is 23.0 Å². The predicted molar refractivity (Wildman–Crippen MR) is 52.5 cm³/mol. The second-order valence-electron chi connectivity index (χ2n) is 3.70. The maximum Gasteiger partial charge on any atom is 0.309 e. The first-order chi connectivity index (χ1) is 5.04. The van der Waals surface area contributed by atoms with Gasteiger partial charge in [0.15, 0.2) is 0 Å². The quantitative estimate of drug-likeness (QED) is 0.728. The SMILES string of the molecule is Br.CC1(C(=O)O)CCC(N)CC1. The van der Waals surface area contributed by atoms with Crippen molar-refractivity contribution in [1.82, 2.24) is 0 Å². The molecule has 0 amide bonds. The van der Waals surface area contributed by atoms with E-state index in [4.69, 9.17) is 10.8 Å². The second-order valence-corrected chi connectivity index (χ2v) is 3.70. The fraction of sp³-hybridized carbons (Fsp3) is 0.875. The molecule has 1 saturated carbocycles. The summed E-state index contributed by atoms with van der Waals surface area (Å²) in [5, 5.41) is 8.84. The van der Waals surface area contributed by atoms with E-state index in [0.29, 0.717) is 0 Å². The Morgan fingerprint density at radius 1 is 1.50 bits per heavy atom. The third kappa shape index (κ3) is 2.45. The molecular weight excluding hydrogens is 222 g/mol. The molecule has 0 bridgehead atoms. The van der Waals surface area contributed by atoms with Gasteiger partial charge in [0.05, 0.1) is 5.41 Å². The zero-order chi connectivity index (χ0) is 8.48. The molecule has 4 heteroatoms. The standard InChI is InChI=1S/C8H15NO2.BrH/c1-8(7(10)11)4-2-6(9)3-5-8;/h6H,2-5,9H2,1H3,(H,10,11);1H. The van der Waals surface area contributed by atoms with E-state index in [1.54, 1.807) is 6.92 Å². The lowest BCUT2D eigenvalue weighted by Gasteiger charge is -2.31. The first kappa shape index (κ1) is 11.9. The maximum atomic E-state index is 10.7. The van der Waals surface area contributed by atoms with E-state index in [2.05, 4.69) is 0 Å². The van der Waals surface area contributed by atoms with Crippen LogP contribution in [0.25, 0.3) is 0 Å². The molecule has 12 heavy (non-hydrogen) atoms. The fourth-order valence-electron chi connectivity index (χ4n) is 1.49. The highest BCUT2D eigenvalue weighted by molar-refractivity contribution is 8.93. The average Bonchev–Trinajstić information content (AvgIpc) is 1.95. The number of carboxylic acids is 1. The molecule has 1 fully saturated rings. The third-order valence-electron chi connectivity index (χ3n) is 2.65. The van der Waals surface area contributed by atoms with Crippen LogP contribution in [-0.4, -0.2) is 17.1 Å². The molecule has 1 aliphatic rings. The molecule has 0 aromatic carbocycles. The normalized spacial score (nSPS) is 35.3. The Kier molecular flexibility index (Phi) is 4.20. The minimum absolute atomic E-state index is 0. The van der Waals surface area contributed by atoms with Crippen LogP contribution in [0.1, 0.15) is 32.6 Å². The first-order valence-corrected chi connectivity index (χ1v) is 4.03. The van der Waals surface area contributed by atoms with Crippen molar-refractivity contribution in [2.75, 3.05) is 0 Å². The Bertz CT molecular complexity index is 164. The molecule has 1 rings (SSSR count). The summed E-state index contributed by atoms with van der Waals surface area (Å²) in [4.78, 5) is 10.7. The van der Waals surface area contributed by atoms with E-state index in [0.717, 1.165) is 25.7 Å². The minimum Gasteiger partial charge on any atom is -0.481 e. The van der Waals surface area contributed by atoms with Gasteiger partial charge in [0.1, 0.15) is 0 Å². The average molecular weight is 238 g/mol. The molecule has 0 unspecified atom stereocenters. The second kappa shape index (κ2) is 4.23. The highest BCUT2D eigenvalue weighted by Gasteiger charge is 2.36. The van der Waals surface area contributed by atoms with Gasteiger partial charge in [-0.15, -0.1) is 17.0 Å². The van der Waals surface area contributed by atoms with Gasteiger partial charge in [0.2, 0.25) is 0 Å². The summed E-state index contributed by atoms with van der Waals surface area (Å²) in [6.07, 6.45) is 3.15. The Morgan fingerprint density at radius 3 is 2.25 bits per heavy atom. The number of hydrogen-bond donors (Lipinski definition) is 2. The van der Waals surface area contributed by atoms with Crippen molar-refractivity contribution in [3.05, 3.63) is 0 Å². The number of carboxylic acid groups (broad SMARTS) is 1. The smallest absolute Gasteiger partial charge is 0.309 e. The summed E-state index contributed by atoms with van der Waals surface area (Å²) < 4.78 is 0. The highest BCUT2D eigenvalue weighted by atomic mass is 79.9. The van der Waals surface area contributed by atoms with Crippen LogP contribution in [0.5, 0.6) is 0 Å². The van der Waals surface area contributed by atoms with Gasteiger partial charge in [0.25, 0.3) is 0 Å². The van der Waals surface area contributed by atoms with Gasteiger partial charge in [-0.2, -0.15) is 0 Å². The van der Waals surface area contributed by atoms with E-state index >= 15 is 0 Å². The van der Waals surface area contributed by atoms with E-state index < -0.39 is 11.4 Å². The third-order valence-corrected chi connectivity index (χ3v) is 2.65. The Balaban J connectivity index is 0.00000121. The summed E-state index contributed by atoms with van der Waals surface area (Å²) in [6.45, 7) is 1.81. The summed E-state index contributed by atoms with van der Waals surface area (Å²) >= 11 is 0. The zero-order valence-corrected chi connectivity index (χ0v) is 8.96. The molecule has 0 saturated heterocycles. The van der Waals surface area contributed by atoms with Crippen LogP contribution in [0.2, 0.25) is 0 Å². The lowest BCUT2D eigenvalue weighted by atomic mass is 9.74. The van der Waals surface area contributed by atoms with Gasteiger partial charge in [-0.1, -0.05) is 0 Å². The van der Waals surface area contributed by atoms with Gasteiger partial charge < -0.3 is 10.8 Å². The largest absolute Gasteiger partial charge is 0.481 e. The van der Waals surface area contributed by atoms with Crippen molar-refractivity contribution in [3.8, 4) is 0 Å². The summed E-state index contributed by atoms with van der Waals surface area (Å²) in [5.41, 5.74) is 5.16. The van der Waals surface area contributed by atoms with Gasteiger partial charge in [-0.25, -0.2) is 0 Å². The number of hydrogen-bond acceptors (Lipinski definition) is 2. The molecular formula is C8H16BrNO2. The number of halogens is 1. The minimum atomic E-state index is -0.676. The molecule has 0 aliphatic heterocycles. The van der Waals surface area contributed by atoms with Crippen molar-refractivity contribution < 1.29 is 9.90 Å². The summed E-state index contributed by atoms with van der Waals surface area (Å²) in [7, 11) is 0. The van der Waals surface area contributed by atoms with Crippen molar-refractivity contribution in [2.45, 2.75) is 38.6 Å². The fourth-order valence-corrected chi connectivity index (χ4v) is 1.49. The van der Waals surface area contributed by atoms with E-state index in [1.807, 2.05) is 0 Å². The van der Waals surface area contributed by atoms with E-state index in [9.17, 15) is 4.79 Å². The van der Waals surface area contributed by atoms with Crippen LogP contribution in [0.3, 0.4) is 0 Å². The number of rotatable bonds is 1. The van der Waals surface area contributed by atoms with Crippen LogP contribution in [0, 0.1) is 5.41 Å². The van der Waals surface area contributed by atoms with E-state index in [-0.39, 0.29) is 23.0 Å². The predicted octanol–water partition coefficient (Wildman–Crippen LogP) is 1.56. The number of carbonyl (C=O) groups is 1. The first-order valence-electron chi connectivity index (χ1n) is 4.03. The highest BCUT2D eigenvalue weighted by Crippen LogP contribution is 2.35. The van der Waals surface area contributed by atoms with Gasteiger partial charge in [-0.3, -0.25) is 4.79 Å². The monoisotopic (exact) mass is 237 g/mol. The van der Waals surface area contributed by atoms with Crippen LogP contribution in [0.15, 0.2) is 0 Å². The van der Waals surface area contributed by atoms with Gasteiger partial charge in [0, 0.05) is 6.04 Å². The molecule has 0 radical (unpaired) electrons. The Labute approximate surface area is 83.1 Å². The molecule has 0 spiro atoms.